The van der Waals surface area contributed by atoms with Crippen molar-refractivity contribution < 1.29 is 12.8 Å². The van der Waals surface area contributed by atoms with Gasteiger partial charge in [-0.05, 0) is 42.8 Å². The van der Waals surface area contributed by atoms with Gasteiger partial charge >= 0.3 is 0 Å². The molecule has 1 aliphatic heterocycles. The van der Waals surface area contributed by atoms with E-state index in [-0.39, 0.29) is 4.90 Å². The Bertz CT molecular complexity index is 785. The standard InChI is InChI=1S/C17H19FN2O2S/c1-14-13-16(7-8-17(14)18)23(21,22)20-11-9-19(10-12-20)15-5-3-2-4-6-15/h2-8,13H,9-12H2,1H3. The molecule has 1 saturated heterocycles. The van der Waals surface area contributed by atoms with Crippen molar-refractivity contribution in [1.29, 1.82) is 0 Å². The molecule has 0 bridgehead atoms. The van der Waals surface area contributed by atoms with Crippen molar-refractivity contribution >= 4 is 15.7 Å². The third-order valence-electron chi connectivity index (χ3n) is 4.13. The van der Waals surface area contributed by atoms with Crippen LogP contribution in [0.1, 0.15) is 5.56 Å². The highest BCUT2D eigenvalue weighted by Crippen LogP contribution is 2.22. The summed E-state index contributed by atoms with van der Waals surface area (Å²) in [5, 5.41) is 0. The number of benzene rings is 2. The Hall–Kier alpha value is -1.92. The van der Waals surface area contributed by atoms with Crippen LogP contribution in [0.3, 0.4) is 0 Å². The fraction of sp³-hybridized carbons (Fsp3) is 0.294. The summed E-state index contributed by atoms with van der Waals surface area (Å²) in [4.78, 5) is 2.33. The number of anilines is 1. The minimum atomic E-state index is -3.57. The molecule has 0 radical (unpaired) electrons. The summed E-state index contributed by atoms with van der Waals surface area (Å²) in [5.74, 6) is -0.391. The molecular weight excluding hydrogens is 315 g/mol. The van der Waals surface area contributed by atoms with Gasteiger partial charge in [0.15, 0.2) is 0 Å². The first-order chi connectivity index (χ1) is 11.0. The van der Waals surface area contributed by atoms with Crippen LogP contribution in [-0.4, -0.2) is 38.9 Å². The summed E-state index contributed by atoms with van der Waals surface area (Å²) in [5.41, 5.74) is 1.44. The van der Waals surface area contributed by atoms with Crippen molar-refractivity contribution in [2.75, 3.05) is 31.1 Å². The second-order valence-electron chi connectivity index (χ2n) is 5.64. The van der Waals surface area contributed by atoms with Gasteiger partial charge in [0.05, 0.1) is 4.90 Å². The van der Waals surface area contributed by atoms with Crippen LogP contribution in [-0.2, 0) is 10.0 Å². The van der Waals surface area contributed by atoms with Crippen molar-refractivity contribution in [3.63, 3.8) is 0 Å². The molecule has 2 aromatic rings. The lowest BCUT2D eigenvalue weighted by molar-refractivity contribution is 0.385. The molecule has 0 N–H and O–H groups in total. The van der Waals surface area contributed by atoms with Crippen molar-refractivity contribution in [2.24, 2.45) is 0 Å². The van der Waals surface area contributed by atoms with Crippen molar-refractivity contribution in [1.82, 2.24) is 4.31 Å². The van der Waals surface area contributed by atoms with E-state index in [2.05, 4.69) is 4.90 Å². The molecule has 3 rings (SSSR count). The van der Waals surface area contributed by atoms with Gasteiger partial charge in [-0.15, -0.1) is 0 Å². The minimum Gasteiger partial charge on any atom is -0.369 e. The van der Waals surface area contributed by atoms with Crippen molar-refractivity contribution in [3.8, 4) is 0 Å². The monoisotopic (exact) mass is 334 g/mol. The maximum atomic E-state index is 13.4. The van der Waals surface area contributed by atoms with Crippen LogP contribution in [0.15, 0.2) is 53.4 Å². The zero-order valence-electron chi connectivity index (χ0n) is 12.9. The van der Waals surface area contributed by atoms with Gasteiger partial charge in [-0.3, -0.25) is 0 Å². The van der Waals surface area contributed by atoms with Crippen molar-refractivity contribution in [3.05, 3.63) is 59.9 Å². The maximum Gasteiger partial charge on any atom is 0.243 e. The largest absolute Gasteiger partial charge is 0.369 e. The molecule has 0 aliphatic carbocycles. The quantitative estimate of drug-likeness (QED) is 0.866. The van der Waals surface area contributed by atoms with E-state index in [1.807, 2.05) is 30.3 Å². The number of hydrogen-bond acceptors (Lipinski definition) is 3. The summed E-state index contributed by atoms with van der Waals surface area (Å²) < 4.78 is 40.2. The first kappa shape index (κ1) is 16.0. The van der Waals surface area contributed by atoms with Gasteiger partial charge in [-0.25, -0.2) is 12.8 Å². The summed E-state index contributed by atoms with van der Waals surface area (Å²) in [6, 6.07) is 13.9. The molecule has 0 saturated carbocycles. The number of halogens is 1. The normalized spacial score (nSPS) is 16.5. The molecule has 2 aromatic carbocycles. The van der Waals surface area contributed by atoms with E-state index in [0.29, 0.717) is 31.7 Å². The number of piperazine rings is 1. The number of aryl methyl sites for hydroxylation is 1. The summed E-state index contributed by atoms with van der Waals surface area (Å²) >= 11 is 0. The predicted octanol–water partition coefficient (Wildman–Crippen LogP) is 2.65. The molecule has 122 valence electrons. The first-order valence-corrected chi connectivity index (χ1v) is 8.99. The van der Waals surface area contributed by atoms with Crippen LogP contribution in [0, 0.1) is 12.7 Å². The zero-order valence-corrected chi connectivity index (χ0v) is 13.8. The van der Waals surface area contributed by atoms with Crippen LogP contribution >= 0.6 is 0 Å². The van der Waals surface area contributed by atoms with Crippen LogP contribution in [0.2, 0.25) is 0 Å². The highest BCUT2D eigenvalue weighted by molar-refractivity contribution is 7.89. The molecule has 0 atom stereocenters. The summed E-state index contributed by atoms with van der Waals surface area (Å²) in [6.45, 7) is 3.70. The average molecular weight is 334 g/mol. The molecule has 0 unspecified atom stereocenters. The van der Waals surface area contributed by atoms with E-state index in [4.69, 9.17) is 0 Å². The van der Waals surface area contributed by atoms with E-state index < -0.39 is 15.8 Å². The number of para-hydroxylation sites is 1. The average Bonchev–Trinajstić information content (AvgIpc) is 2.58. The summed E-state index contributed by atoms with van der Waals surface area (Å²) in [7, 11) is -3.57. The second-order valence-corrected chi connectivity index (χ2v) is 7.58. The van der Waals surface area contributed by atoms with Gasteiger partial charge in [0.1, 0.15) is 5.82 Å². The molecule has 23 heavy (non-hydrogen) atoms. The number of hydrogen-bond donors (Lipinski definition) is 0. The van der Waals surface area contributed by atoms with E-state index >= 15 is 0 Å². The first-order valence-electron chi connectivity index (χ1n) is 7.55. The predicted molar refractivity (Wildman–Crippen MR) is 88.6 cm³/mol. The topological polar surface area (TPSA) is 40.6 Å². The minimum absolute atomic E-state index is 0.157. The Morgan fingerprint density at radius 1 is 0.957 bits per heavy atom. The van der Waals surface area contributed by atoms with Gasteiger partial charge in [0, 0.05) is 31.9 Å². The fourth-order valence-corrected chi connectivity index (χ4v) is 4.26. The number of rotatable bonds is 3. The lowest BCUT2D eigenvalue weighted by Gasteiger charge is -2.35. The second kappa shape index (κ2) is 6.29. The molecule has 0 aromatic heterocycles. The Morgan fingerprint density at radius 3 is 2.22 bits per heavy atom. The molecule has 1 fully saturated rings. The van der Waals surface area contributed by atoms with E-state index in [1.54, 1.807) is 6.92 Å². The number of sulfonamides is 1. The van der Waals surface area contributed by atoms with Crippen LogP contribution in [0.4, 0.5) is 10.1 Å². The fourth-order valence-electron chi connectivity index (χ4n) is 2.75. The molecule has 0 amide bonds. The highest BCUT2D eigenvalue weighted by atomic mass is 32.2. The molecule has 4 nitrogen and oxygen atoms in total. The Labute approximate surface area is 136 Å². The van der Waals surface area contributed by atoms with Gasteiger partial charge in [-0.1, -0.05) is 18.2 Å². The molecule has 0 spiro atoms. The zero-order chi connectivity index (χ0) is 16.4. The Morgan fingerprint density at radius 2 is 1.61 bits per heavy atom. The van der Waals surface area contributed by atoms with Crippen LogP contribution < -0.4 is 4.90 Å². The molecule has 1 aliphatic rings. The van der Waals surface area contributed by atoms with E-state index in [1.165, 1.54) is 22.5 Å². The lowest BCUT2D eigenvalue weighted by atomic mass is 10.2. The van der Waals surface area contributed by atoms with Gasteiger partial charge in [0.2, 0.25) is 10.0 Å². The SMILES string of the molecule is Cc1cc(S(=O)(=O)N2CCN(c3ccccc3)CC2)ccc1F. The third kappa shape index (κ3) is 3.23. The number of nitrogens with zero attached hydrogens (tertiary/aromatic N) is 2. The van der Waals surface area contributed by atoms with Gasteiger partial charge in [-0.2, -0.15) is 4.31 Å². The van der Waals surface area contributed by atoms with E-state index in [9.17, 15) is 12.8 Å². The van der Waals surface area contributed by atoms with Crippen molar-refractivity contribution in [2.45, 2.75) is 11.8 Å². The lowest BCUT2D eigenvalue weighted by Crippen LogP contribution is -2.48. The van der Waals surface area contributed by atoms with Gasteiger partial charge in [0.25, 0.3) is 0 Å². The maximum absolute atomic E-state index is 13.4. The molecule has 1 heterocycles. The highest BCUT2D eigenvalue weighted by Gasteiger charge is 2.28. The molecule has 6 heteroatoms. The van der Waals surface area contributed by atoms with Crippen LogP contribution in [0.5, 0.6) is 0 Å². The van der Waals surface area contributed by atoms with Crippen LogP contribution in [0.25, 0.3) is 0 Å². The Kier molecular flexibility index (Phi) is 4.37. The van der Waals surface area contributed by atoms with Gasteiger partial charge < -0.3 is 4.90 Å². The third-order valence-corrected chi connectivity index (χ3v) is 6.02. The Balaban J connectivity index is 1.75. The smallest absolute Gasteiger partial charge is 0.243 e. The summed E-state index contributed by atoms with van der Waals surface area (Å²) in [6.07, 6.45) is 0. The molecular formula is C17H19FN2O2S. The van der Waals surface area contributed by atoms with E-state index in [0.717, 1.165) is 5.69 Å².